The third kappa shape index (κ3) is 3.65. The molecule has 3 rings (SSSR count). The molecule has 0 aromatic heterocycles. The third-order valence-electron chi connectivity index (χ3n) is 4.46. The van der Waals surface area contributed by atoms with Crippen LogP contribution in [0.15, 0.2) is 48.5 Å². The van der Waals surface area contributed by atoms with Gasteiger partial charge in [-0.3, -0.25) is 4.79 Å². The van der Waals surface area contributed by atoms with Gasteiger partial charge < -0.3 is 14.4 Å². The van der Waals surface area contributed by atoms with Gasteiger partial charge in [0.15, 0.2) is 5.60 Å². The number of ether oxygens (including phenoxy) is 2. The number of carbonyl (C=O) groups is 1. The first-order chi connectivity index (χ1) is 12.4. The maximum Gasteiger partial charge on any atom is 0.266 e. The van der Waals surface area contributed by atoms with Crippen LogP contribution in [0, 0.1) is 11.3 Å². The van der Waals surface area contributed by atoms with E-state index in [1.807, 2.05) is 31.2 Å². The van der Waals surface area contributed by atoms with Crippen molar-refractivity contribution >= 4 is 5.91 Å². The van der Waals surface area contributed by atoms with Gasteiger partial charge in [0.2, 0.25) is 0 Å². The number of rotatable bonds is 3. The quantitative estimate of drug-likeness (QED) is 0.850. The fraction of sp³-hybridized carbons (Fsp3) is 0.333. The molecule has 0 fully saturated rings. The van der Waals surface area contributed by atoms with E-state index < -0.39 is 5.60 Å². The second-order valence-corrected chi connectivity index (χ2v) is 6.95. The predicted molar refractivity (Wildman–Crippen MR) is 97.8 cm³/mol. The molecule has 0 bridgehead atoms. The van der Waals surface area contributed by atoms with Gasteiger partial charge in [-0.2, -0.15) is 5.26 Å². The summed E-state index contributed by atoms with van der Waals surface area (Å²) in [6.45, 7) is 6.42. The number of fused-ring (bicyclic) bond motifs is 1. The van der Waals surface area contributed by atoms with Crippen molar-refractivity contribution in [3.63, 3.8) is 0 Å². The summed E-state index contributed by atoms with van der Waals surface area (Å²) in [6, 6.07) is 16.5. The highest BCUT2D eigenvalue weighted by Crippen LogP contribution is 2.28. The summed E-state index contributed by atoms with van der Waals surface area (Å²) in [4.78, 5) is 15.0. The van der Waals surface area contributed by atoms with Crippen molar-refractivity contribution in [3.05, 3.63) is 59.7 Å². The van der Waals surface area contributed by atoms with Crippen LogP contribution < -0.4 is 9.47 Å². The van der Waals surface area contributed by atoms with Gasteiger partial charge in [0.25, 0.3) is 5.91 Å². The lowest BCUT2D eigenvalue weighted by molar-refractivity contribution is -0.148. The van der Waals surface area contributed by atoms with Crippen LogP contribution >= 0.6 is 0 Å². The maximum absolute atomic E-state index is 13.2. The molecule has 1 aliphatic heterocycles. The summed E-state index contributed by atoms with van der Waals surface area (Å²) >= 11 is 0. The molecule has 26 heavy (non-hydrogen) atoms. The van der Waals surface area contributed by atoms with Crippen LogP contribution in [0.25, 0.3) is 0 Å². The number of benzene rings is 2. The Morgan fingerprint density at radius 1 is 1.23 bits per heavy atom. The van der Waals surface area contributed by atoms with Gasteiger partial charge in [0, 0.05) is 12.1 Å². The Labute approximate surface area is 153 Å². The summed E-state index contributed by atoms with van der Waals surface area (Å²) in [5.74, 6) is 1.27. The first kappa shape index (κ1) is 17.8. The van der Waals surface area contributed by atoms with Gasteiger partial charge in [-0.15, -0.1) is 0 Å². The molecule has 0 saturated heterocycles. The van der Waals surface area contributed by atoms with Crippen molar-refractivity contribution in [2.24, 2.45) is 0 Å². The first-order valence-corrected chi connectivity index (χ1v) is 8.61. The number of nitrogens with zero attached hydrogens (tertiary/aromatic N) is 2. The van der Waals surface area contributed by atoms with Crippen LogP contribution in [0.4, 0.5) is 0 Å². The Kier molecular flexibility index (Phi) is 4.85. The molecule has 0 N–H and O–H groups in total. The monoisotopic (exact) mass is 350 g/mol. The maximum atomic E-state index is 13.2. The molecular weight excluding hydrogens is 328 g/mol. The Morgan fingerprint density at radius 3 is 2.62 bits per heavy atom. The van der Waals surface area contributed by atoms with E-state index in [2.05, 4.69) is 6.07 Å². The van der Waals surface area contributed by atoms with E-state index >= 15 is 0 Å². The van der Waals surface area contributed by atoms with Crippen molar-refractivity contribution < 1.29 is 14.3 Å². The third-order valence-corrected chi connectivity index (χ3v) is 4.46. The Morgan fingerprint density at radius 2 is 1.92 bits per heavy atom. The fourth-order valence-corrected chi connectivity index (χ4v) is 2.97. The summed E-state index contributed by atoms with van der Waals surface area (Å²) in [5, 5.41) is 8.89. The summed E-state index contributed by atoms with van der Waals surface area (Å²) in [5.41, 5.74) is 0.498. The molecule has 0 aliphatic carbocycles. The van der Waals surface area contributed by atoms with Crippen molar-refractivity contribution in [3.8, 4) is 17.6 Å². The molecule has 1 unspecified atom stereocenters. The summed E-state index contributed by atoms with van der Waals surface area (Å²) in [6.07, 6.45) is 0. The Balaban J connectivity index is 1.80. The topological polar surface area (TPSA) is 62.6 Å². The highest BCUT2D eigenvalue weighted by Gasteiger charge is 2.37. The van der Waals surface area contributed by atoms with E-state index in [-0.39, 0.29) is 11.9 Å². The van der Waals surface area contributed by atoms with Crippen molar-refractivity contribution in [1.82, 2.24) is 4.90 Å². The van der Waals surface area contributed by atoms with Crippen LogP contribution in [0.2, 0.25) is 0 Å². The van der Waals surface area contributed by atoms with E-state index in [0.717, 1.165) is 11.3 Å². The second-order valence-electron chi connectivity index (χ2n) is 6.95. The average molecular weight is 350 g/mol. The molecule has 134 valence electrons. The van der Waals surface area contributed by atoms with Gasteiger partial charge >= 0.3 is 0 Å². The Bertz CT molecular complexity index is 837. The summed E-state index contributed by atoms with van der Waals surface area (Å²) < 4.78 is 11.8. The normalized spacial score (nSPS) is 16.7. The smallest absolute Gasteiger partial charge is 0.266 e. The van der Waals surface area contributed by atoms with Crippen LogP contribution in [0.5, 0.6) is 11.5 Å². The molecule has 1 amide bonds. The zero-order valence-corrected chi connectivity index (χ0v) is 15.2. The van der Waals surface area contributed by atoms with Crippen molar-refractivity contribution in [2.75, 3.05) is 6.61 Å². The number of amides is 1. The second kappa shape index (κ2) is 7.09. The van der Waals surface area contributed by atoms with Gasteiger partial charge in [0.05, 0.1) is 17.7 Å². The Hall–Kier alpha value is -3.00. The fourth-order valence-electron chi connectivity index (χ4n) is 2.97. The number of carbonyl (C=O) groups excluding carboxylic acids is 1. The molecule has 0 saturated carbocycles. The lowest BCUT2D eigenvalue weighted by Gasteiger charge is -2.34. The molecule has 2 aromatic carbocycles. The number of para-hydroxylation sites is 1. The molecule has 0 radical (unpaired) electrons. The number of hydrogen-bond acceptors (Lipinski definition) is 4. The number of nitriles is 1. The summed E-state index contributed by atoms with van der Waals surface area (Å²) in [7, 11) is 0. The molecule has 0 spiro atoms. The van der Waals surface area contributed by atoms with E-state index in [4.69, 9.17) is 14.7 Å². The largest absolute Gasteiger partial charge is 0.491 e. The minimum atomic E-state index is -1.04. The SMILES string of the molecule is CC1COc2ccccc2CN1C(=O)C(C)(C)Oc1ccc(C#N)cc1. The van der Waals surface area contributed by atoms with Crippen molar-refractivity contribution in [2.45, 2.75) is 39.0 Å². The highest BCUT2D eigenvalue weighted by molar-refractivity contribution is 5.85. The zero-order chi connectivity index (χ0) is 18.7. The van der Waals surface area contributed by atoms with Gasteiger partial charge in [-0.25, -0.2) is 0 Å². The number of hydrogen-bond donors (Lipinski definition) is 0. The van der Waals surface area contributed by atoms with E-state index in [9.17, 15) is 4.79 Å². The lowest BCUT2D eigenvalue weighted by atomic mass is 10.0. The molecule has 5 heteroatoms. The molecule has 1 atom stereocenters. The van der Waals surface area contributed by atoms with Crippen LogP contribution in [0.3, 0.4) is 0 Å². The van der Waals surface area contributed by atoms with Crippen LogP contribution in [0.1, 0.15) is 31.9 Å². The van der Waals surface area contributed by atoms with E-state index in [0.29, 0.717) is 24.5 Å². The molecule has 1 heterocycles. The molecule has 5 nitrogen and oxygen atoms in total. The average Bonchev–Trinajstić information content (AvgIpc) is 2.80. The lowest BCUT2D eigenvalue weighted by Crippen LogP contribution is -2.52. The van der Waals surface area contributed by atoms with E-state index in [1.54, 1.807) is 43.0 Å². The molecule has 2 aromatic rings. The van der Waals surface area contributed by atoms with Gasteiger partial charge in [-0.1, -0.05) is 18.2 Å². The zero-order valence-electron chi connectivity index (χ0n) is 15.2. The molecular formula is C21H22N2O3. The molecule has 1 aliphatic rings. The standard InChI is InChI=1S/C21H22N2O3/c1-15-14-25-19-7-5-4-6-17(19)13-23(15)20(24)21(2,3)26-18-10-8-16(12-22)9-11-18/h4-11,15H,13-14H2,1-3H3. The van der Waals surface area contributed by atoms with Crippen molar-refractivity contribution in [1.29, 1.82) is 5.26 Å². The van der Waals surface area contributed by atoms with Gasteiger partial charge in [0.1, 0.15) is 18.1 Å². The minimum Gasteiger partial charge on any atom is -0.491 e. The minimum absolute atomic E-state index is 0.0706. The van der Waals surface area contributed by atoms with E-state index in [1.165, 1.54) is 0 Å². The van der Waals surface area contributed by atoms with Crippen LogP contribution in [-0.2, 0) is 11.3 Å². The predicted octanol–water partition coefficient (Wildman–Crippen LogP) is 3.53. The first-order valence-electron chi connectivity index (χ1n) is 8.61. The highest BCUT2D eigenvalue weighted by atomic mass is 16.5. The van der Waals surface area contributed by atoms with Gasteiger partial charge in [-0.05, 0) is 51.1 Å². The van der Waals surface area contributed by atoms with Crippen LogP contribution in [-0.4, -0.2) is 29.1 Å².